The molecule has 0 radical (unpaired) electrons. The molecular weight excluding hydrogens is 494 g/mol. The van der Waals surface area contributed by atoms with Crippen LogP contribution < -0.4 is 20.7 Å². The Hall–Kier alpha value is -2.92. The summed E-state index contributed by atoms with van der Waals surface area (Å²) in [5.41, 5.74) is 6.36. The van der Waals surface area contributed by atoms with E-state index >= 15 is 0 Å². The average molecular weight is 532 g/mol. The number of nitrogens with two attached hydrogens (primary N) is 1. The SMILES string of the molecule is COc1cc(N(C)C(N)=O)cc(C)c1C=CS(=O)(=O)N1CCC2(CC1)N=C(C1CCC(C)CC1)NC2=O. The number of aliphatic imine (C=N–C) groups is 1. The van der Waals surface area contributed by atoms with Gasteiger partial charge in [0, 0.05) is 48.8 Å². The van der Waals surface area contributed by atoms with Gasteiger partial charge in [-0.3, -0.25) is 14.7 Å². The molecule has 2 fully saturated rings. The summed E-state index contributed by atoms with van der Waals surface area (Å²) in [7, 11) is -0.706. The number of nitrogens with one attached hydrogen (secondary N) is 1. The summed E-state index contributed by atoms with van der Waals surface area (Å²) in [6.07, 6.45) is 6.56. The van der Waals surface area contributed by atoms with Crippen molar-refractivity contribution >= 4 is 39.6 Å². The Morgan fingerprint density at radius 2 is 1.89 bits per heavy atom. The van der Waals surface area contributed by atoms with Crippen molar-refractivity contribution in [3.8, 4) is 5.75 Å². The van der Waals surface area contributed by atoms with Gasteiger partial charge >= 0.3 is 6.03 Å². The van der Waals surface area contributed by atoms with Crippen LogP contribution in [0.5, 0.6) is 5.75 Å². The molecule has 3 aliphatic rings. The Morgan fingerprint density at radius 1 is 1.24 bits per heavy atom. The lowest BCUT2D eigenvalue weighted by atomic mass is 9.82. The van der Waals surface area contributed by atoms with Crippen LogP contribution in [0.1, 0.15) is 56.6 Å². The number of nitrogens with zero attached hydrogens (tertiary/aromatic N) is 3. The zero-order chi connectivity index (χ0) is 27.0. The van der Waals surface area contributed by atoms with Crippen LogP contribution in [0.3, 0.4) is 0 Å². The van der Waals surface area contributed by atoms with Crippen molar-refractivity contribution in [2.75, 3.05) is 32.1 Å². The molecule has 0 aromatic heterocycles. The first-order valence-corrected chi connectivity index (χ1v) is 14.3. The fourth-order valence-corrected chi connectivity index (χ4v) is 6.58. The number of benzene rings is 1. The number of primary amides is 1. The highest BCUT2D eigenvalue weighted by Crippen LogP contribution is 2.36. The molecule has 2 aliphatic heterocycles. The quantitative estimate of drug-likeness (QED) is 0.582. The number of aryl methyl sites for hydroxylation is 1. The molecule has 1 saturated carbocycles. The summed E-state index contributed by atoms with van der Waals surface area (Å²) in [4.78, 5) is 30.6. The van der Waals surface area contributed by atoms with E-state index in [2.05, 4.69) is 12.2 Å². The van der Waals surface area contributed by atoms with E-state index in [9.17, 15) is 18.0 Å². The monoisotopic (exact) mass is 531 g/mol. The maximum Gasteiger partial charge on any atom is 0.318 e. The Bertz CT molecular complexity index is 1230. The molecule has 1 aromatic rings. The molecule has 37 heavy (non-hydrogen) atoms. The second kappa shape index (κ2) is 10.4. The van der Waals surface area contributed by atoms with Gasteiger partial charge in [-0.25, -0.2) is 13.2 Å². The molecule has 0 bridgehead atoms. The lowest BCUT2D eigenvalue weighted by Gasteiger charge is -2.34. The molecule has 4 rings (SSSR count). The number of hydrogen-bond donors (Lipinski definition) is 2. The number of urea groups is 1. The largest absolute Gasteiger partial charge is 0.496 e. The molecule has 1 saturated heterocycles. The van der Waals surface area contributed by atoms with Crippen LogP contribution in [-0.2, 0) is 14.8 Å². The lowest BCUT2D eigenvalue weighted by Crippen LogP contribution is -2.50. The Labute approximate surface area is 219 Å². The standard InChI is InChI=1S/C26H37N5O5S/c1-17-5-7-19(8-6-17)23-28-24(32)26(29-23)10-12-31(13-11-26)37(34,35)14-9-21-18(2)15-20(16-22(21)36-4)30(3)25(27)33/h9,14-17,19H,5-8,10-13H2,1-4H3,(H2,27,33)(H,28,29,32). The molecule has 202 valence electrons. The molecule has 3 amide bonds. The summed E-state index contributed by atoms with van der Waals surface area (Å²) in [6.45, 7) is 4.50. The zero-order valence-electron chi connectivity index (χ0n) is 22.0. The minimum Gasteiger partial charge on any atom is -0.496 e. The molecule has 10 nitrogen and oxygen atoms in total. The smallest absolute Gasteiger partial charge is 0.318 e. The van der Waals surface area contributed by atoms with Crippen LogP contribution in [0.2, 0.25) is 0 Å². The highest BCUT2D eigenvalue weighted by Gasteiger charge is 2.48. The normalized spacial score (nSPS) is 24.2. The van der Waals surface area contributed by atoms with E-state index in [1.54, 1.807) is 26.1 Å². The van der Waals surface area contributed by atoms with Crippen LogP contribution in [0.25, 0.3) is 6.08 Å². The summed E-state index contributed by atoms with van der Waals surface area (Å²) in [5.74, 6) is 2.11. The van der Waals surface area contributed by atoms with E-state index in [1.807, 2.05) is 0 Å². The van der Waals surface area contributed by atoms with E-state index in [0.29, 0.717) is 35.8 Å². The maximum atomic E-state index is 13.2. The molecule has 0 atom stereocenters. The zero-order valence-corrected chi connectivity index (χ0v) is 22.8. The number of ether oxygens (including phenoxy) is 1. The van der Waals surface area contributed by atoms with E-state index < -0.39 is 21.6 Å². The van der Waals surface area contributed by atoms with Crippen molar-refractivity contribution in [1.82, 2.24) is 9.62 Å². The summed E-state index contributed by atoms with van der Waals surface area (Å²) in [5, 5.41) is 4.19. The highest BCUT2D eigenvalue weighted by molar-refractivity contribution is 7.92. The Balaban J connectivity index is 1.46. The third-order valence-corrected chi connectivity index (χ3v) is 9.55. The minimum atomic E-state index is -3.73. The Morgan fingerprint density at radius 3 is 2.49 bits per heavy atom. The summed E-state index contributed by atoms with van der Waals surface area (Å²) >= 11 is 0. The second-order valence-electron chi connectivity index (χ2n) is 10.5. The molecular formula is C26H37N5O5S. The van der Waals surface area contributed by atoms with Gasteiger partial charge in [0.25, 0.3) is 5.91 Å². The lowest BCUT2D eigenvalue weighted by molar-refractivity contribution is -0.125. The van der Waals surface area contributed by atoms with E-state index in [0.717, 1.165) is 37.1 Å². The van der Waals surface area contributed by atoms with Gasteiger partial charge in [0.2, 0.25) is 10.0 Å². The van der Waals surface area contributed by atoms with E-state index in [4.69, 9.17) is 15.5 Å². The van der Waals surface area contributed by atoms with Crippen LogP contribution in [0.15, 0.2) is 22.5 Å². The number of piperidine rings is 1. The van der Waals surface area contributed by atoms with E-state index in [-0.39, 0.29) is 24.9 Å². The minimum absolute atomic E-state index is 0.102. The second-order valence-corrected chi connectivity index (χ2v) is 12.3. The number of amides is 3. The van der Waals surface area contributed by atoms with E-state index in [1.165, 1.54) is 27.8 Å². The van der Waals surface area contributed by atoms with Crippen LogP contribution in [0, 0.1) is 18.8 Å². The molecule has 1 aromatic carbocycles. The fourth-order valence-electron chi connectivity index (χ4n) is 5.41. The number of anilines is 1. The van der Waals surface area contributed by atoms with Crippen molar-refractivity contribution in [3.05, 3.63) is 28.7 Å². The first-order chi connectivity index (χ1) is 17.5. The van der Waals surface area contributed by atoms with Gasteiger partial charge in [-0.05, 0) is 56.2 Å². The van der Waals surface area contributed by atoms with Crippen LogP contribution in [0.4, 0.5) is 10.5 Å². The molecule has 1 spiro atoms. The van der Waals surface area contributed by atoms with Gasteiger partial charge < -0.3 is 15.8 Å². The molecule has 0 unspecified atom stereocenters. The van der Waals surface area contributed by atoms with Gasteiger partial charge in [0.05, 0.1) is 7.11 Å². The number of rotatable bonds is 6. The van der Waals surface area contributed by atoms with Crippen molar-refractivity contribution in [1.29, 1.82) is 0 Å². The molecule has 1 aliphatic carbocycles. The number of amidine groups is 1. The number of sulfonamides is 1. The van der Waals surface area contributed by atoms with Gasteiger partial charge in [0.1, 0.15) is 17.1 Å². The first kappa shape index (κ1) is 27.1. The Kier molecular flexibility index (Phi) is 7.66. The van der Waals surface area contributed by atoms with Gasteiger partial charge in [-0.15, -0.1) is 0 Å². The predicted molar refractivity (Wildman–Crippen MR) is 144 cm³/mol. The van der Waals surface area contributed by atoms with Crippen molar-refractivity contribution in [3.63, 3.8) is 0 Å². The van der Waals surface area contributed by atoms with Crippen molar-refractivity contribution in [2.24, 2.45) is 22.6 Å². The van der Waals surface area contributed by atoms with Gasteiger partial charge in [0.15, 0.2) is 0 Å². The van der Waals surface area contributed by atoms with Crippen LogP contribution in [-0.4, -0.2) is 63.3 Å². The topological polar surface area (TPSA) is 134 Å². The first-order valence-electron chi connectivity index (χ1n) is 12.8. The molecule has 11 heteroatoms. The molecule has 3 N–H and O–H groups in total. The maximum absolute atomic E-state index is 13.2. The van der Waals surface area contributed by atoms with Crippen molar-refractivity contribution < 1.29 is 22.7 Å². The highest BCUT2D eigenvalue weighted by atomic mass is 32.2. The summed E-state index contributed by atoms with van der Waals surface area (Å²) in [6, 6.07) is 2.76. The van der Waals surface area contributed by atoms with Gasteiger partial charge in [-0.1, -0.05) is 19.8 Å². The average Bonchev–Trinajstić information content (AvgIpc) is 3.18. The number of carbonyl (C=O) groups excluding carboxylic acids is 2. The van der Waals surface area contributed by atoms with Gasteiger partial charge in [-0.2, -0.15) is 4.31 Å². The third-order valence-electron chi connectivity index (χ3n) is 7.99. The number of hydrogen-bond acceptors (Lipinski definition) is 6. The number of carbonyl (C=O) groups is 2. The van der Waals surface area contributed by atoms with Crippen molar-refractivity contribution in [2.45, 2.75) is 57.9 Å². The van der Waals surface area contributed by atoms with Crippen LogP contribution >= 0.6 is 0 Å². The fraction of sp³-hybridized carbons (Fsp3) is 0.577. The third kappa shape index (κ3) is 5.52. The number of methoxy groups -OCH3 is 1. The summed E-state index contributed by atoms with van der Waals surface area (Å²) < 4.78 is 33.2. The predicted octanol–water partition coefficient (Wildman–Crippen LogP) is 3.01. The molecule has 2 heterocycles.